The molecule has 2 aromatic rings. The Bertz CT molecular complexity index is 575. The Labute approximate surface area is 109 Å². The van der Waals surface area contributed by atoms with Gasteiger partial charge in [0.1, 0.15) is 11.9 Å². The van der Waals surface area contributed by atoms with Gasteiger partial charge in [0, 0.05) is 17.3 Å². The van der Waals surface area contributed by atoms with Crippen molar-refractivity contribution in [3.63, 3.8) is 0 Å². The SMILES string of the molecule is CCOc1cncc(C(O)c2cccc(F)c2F)c1. The van der Waals surface area contributed by atoms with Crippen LogP contribution in [0, 0.1) is 11.6 Å². The summed E-state index contributed by atoms with van der Waals surface area (Å²) in [5.74, 6) is -1.59. The van der Waals surface area contributed by atoms with E-state index in [1.165, 1.54) is 24.5 Å². The van der Waals surface area contributed by atoms with Gasteiger partial charge in [-0.2, -0.15) is 0 Å². The van der Waals surface area contributed by atoms with E-state index < -0.39 is 17.7 Å². The second-order valence-corrected chi connectivity index (χ2v) is 3.93. The van der Waals surface area contributed by atoms with E-state index in [1.54, 1.807) is 6.07 Å². The molecule has 0 amide bonds. The fraction of sp³-hybridized carbons (Fsp3) is 0.214. The topological polar surface area (TPSA) is 42.4 Å². The number of halogens is 2. The summed E-state index contributed by atoms with van der Waals surface area (Å²) in [5.41, 5.74) is 0.214. The van der Waals surface area contributed by atoms with E-state index in [0.29, 0.717) is 17.9 Å². The number of hydrogen-bond donors (Lipinski definition) is 1. The Hall–Kier alpha value is -2.01. The van der Waals surface area contributed by atoms with E-state index in [0.717, 1.165) is 6.07 Å². The van der Waals surface area contributed by atoms with Crippen LogP contribution < -0.4 is 4.74 Å². The Morgan fingerprint density at radius 3 is 2.84 bits per heavy atom. The highest BCUT2D eigenvalue weighted by Crippen LogP contribution is 2.27. The summed E-state index contributed by atoms with van der Waals surface area (Å²) in [6.07, 6.45) is 1.59. The van der Waals surface area contributed by atoms with Crippen molar-refractivity contribution in [2.75, 3.05) is 6.61 Å². The average Bonchev–Trinajstić information content (AvgIpc) is 2.42. The molecule has 0 radical (unpaired) electrons. The second kappa shape index (κ2) is 5.75. The van der Waals surface area contributed by atoms with Crippen LogP contribution in [0.5, 0.6) is 5.75 Å². The summed E-state index contributed by atoms with van der Waals surface area (Å²) in [7, 11) is 0. The number of rotatable bonds is 4. The van der Waals surface area contributed by atoms with Crippen molar-refractivity contribution < 1.29 is 18.6 Å². The van der Waals surface area contributed by atoms with Gasteiger partial charge in [-0.05, 0) is 19.1 Å². The van der Waals surface area contributed by atoms with Gasteiger partial charge < -0.3 is 9.84 Å². The molecule has 0 saturated carbocycles. The number of aliphatic hydroxyl groups is 1. The third kappa shape index (κ3) is 2.88. The second-order valence-electron chi connectivity index (χ2n) is 3.93. The van der Waals surface area contributed by atoms with Crippen LogP contribution >= 0.6 is 0 Å². The van der Waals surface area contributed by atoms with Gasteiger partial charge >= 0.3 is 0 Å². The molecule has 1 N–H and O–H groups in total. The lowest BCUT2D eigenvalue weighted by molar-refractivity contribution is 0.212. The first kappa shape index (κ1) is 13.4. The van der Waals surface area contributed by atoms with Crippen molar-refractivity contribution in [1.29, 1.82) is 0 Å². The van der Waals surface area contributed by atoms with Crippen molar-refractivity contribution in [2.45, 2.75) is 13.0 Å². The molecule has 1 unspecified atom stereocenters. The van der Waals surface area contributed by atoms with Gasteiger partial charge in [0.25, 0.3) is 0 Å². The predicted molar refractivity (Wildman–Crippen MR) is 65.8 cm³/mol. The molecular formula is C14H13F2NO2. The molecule has 0 aliphatic carbocycles. The molecule has 1 aromatic heterocycles. The summed E-state index contributed by atoms with van der Waals surface area (Å²) < 4.78 is 32.0. The van der Waals surface area contributed by atoms with Gasteiger partial charge in [-0.25, -0.2) is 8.78 Å². The van der Waals surface area contributed by atoms with E-state index in [2.05, 4.69) is 4.98 Å². The maximum Gasteiger partial charge on any atom is 0.164 e. The zero-order valence-corrected chi connectivity index (χ0v) is 10.3. The van der Waals surface area contributed by atoms with Crippen LogP contribution in [-0.4, -0.2) is 16.7 Å². The largest absolute Gasteiger partial charge is 0.492 e. The highest BCUT2D eigenvalue weighted by Gasteiger charge is 2.18. The van der Waals surface area contributed by atoms with Crippen LogP contribution in [0.4, 0.5) is 8.78 Å². The lowest BCUT2D eigenvalue weighted by Crippen LogP contribution is -2.05. The number of pyridine rings is 1. The molecule has 1 atom stereocenters. The fourth-order valence-electron chi connectivity index (χ4n) is 1.74. The molecule has 3 nitrogen and oxygen atoms in total. The number of aromatic nitrogens is 1. The first-order valence-corrected chi connectivity index (χ1v) is 5.83. The summed E-state index contributed by atoms with van der Waals surface area (Å²) in [6, 6.07) is 5.22. The molecule has 0 saturated heterocycles. The maximum atomic E-state index is 13.6. The first-order chi connectivity index (χ1) is 9.13. The van der Waals surface area contributed by atoms with Gasteiger partial charge in [-0.15, -0.1) is 0 Å². The van der Waals surface area contributed by atoms with Gasteiger partial charge in [0.15, 0.2) is 11.6 Å². The Morgan fingerprint density at radius 2 is 2.11 bits per heavy atom. The third-order valence-corrected chi connectivity index (χ3v) is 2.64. The van der Waals surface area contributed by atoms with Gasteiger partial charge in [0.05, 0.1) is 12.8 Å². The van der Waals surface area contributed by atoms with E-state index in [-0.39, 0.29) is 5.56 Å². The minimum absolute atomic E-state index is 0.129. The Kier molecular flexibility index (Phi) is 4.06. The number of nitrogens with zero attached hydrogens (tertiary/aromatic N) is 1. The molecule has 1 aromatic carbocycles. The highest BCUT2D eigenvalue weighted by molar-refractivity contribution is 5.33. The molecule has 0 aliphatic heterocycles. The van der Waals surface area contributed by atoms with Crippen LogP contribution in [-0.2, 0) is 0 Å². The van der Waals surface area contributed by atoms with Gasteiger partial charge in [-0.1, -0.05) is 12.1 Å². The van der Waals surface area contributed by atoms with Gasteiger partial charge in [-0.3, -0.25) is 4.98 Å². The zero-order chi connectivity index (χ0) is 13.8. The number of hydrogen-bond acceptors (Lipinski definition) is 3. The standard InChI is InChI=1S/C14H13F2NO2/c1-2-19-10-6-9(7-17-8-10)14(18)11-4-3-5-12(15)13(11)16/h3-8,14,18H,2H2,1H3. The normalized spacial score (nSPS) is 12.2. The van der Waals surface area contributed by atoms with Crippen molar-refractivity contribution in [3.05, 3.63) is 59.4 Å². The molecule has 0 aliphatic rings. The van der Waals surface area contributed by atoms with Crippen molar-refractivity contribution in [3.8, 4) is 5.75 Å². The molecular weight excluding hydrogens is 252 g/mol. The van der Waals surface area contributed by atoms with Gasteiger partial charge in [0.2, 0.25) is 0 Å². The zero-order valence-electron chi connectivity index (χ0n) is 10.3. The molecule has 1 heterocycles. The summed E-state index contributed by atoms with van der Waals surface area (Å²) in [6.45, 7) is 2.27. The monoisotopic (exact) mass is 265 g/mol. The van der Waals surface area contributed by atoms with Crippen LogP contribution in [0.1, 0.15) is 24.2 Å². The minimum Gasteiger partial charge on any atom is -0.492 e. The van der Waals surface area contributed by atoms with Crippen LogP contribution in [0.2, 0.25) is 0 Å². The third-order valence-electron chi connectivity index (χ3n) is 2.64. The fourth-order valence-corrected chi connectivity index (χ4v) is 1.74. The van der Waals surface area contributed by atoms with E-state index in [4.69, 9.17) is 4.74 Å². The number of ether oxygens (including phenoxy) is 1. The summed E-state index contributed by atoms with van der Waals surface area (Å²) >= 11 is 0. The Balaban J connectivity index is 2.35. The predicted octanol–water partition coefficient (Wildman–Crippen LogP) is 2.84. The highest BCUT2D eigenvalue weighted by atomic mass is 19.2. The van der Waals surface area contributed by atoms with Crippen molar-refractivity contribution in [1.82, 2.24) is 4.98 Å². The van der Waals surface area contributed by atoms with Crippen LogP contribution in [0.15, 0.2) is 36.7 Å². The smallest absolute Gasteiger partial charge is 0.164 e. The maximum absolute atomic E-state index is 13.6. The van der Waals surface area contributed by atoms with E-state index in [9.17, 15) is 13.9 Å². The van der Waals surface area contributed by atoms with E-state index >= 15 is 0 Å². The molecule has 2 rings (SSSR count). The average molecular weight is 265 g/mol. The molecule has 100 valence electrons. The molecule has 0 spiro atoms. The first-order valence-electron chi connectivity index (χ1n) is 5.83. The molecule has 0 fully saturated rings. The molecule has 0 bridgehead atoms. The number of aliphatic hydroxyl groups excluding tert-OH is 1. The van der Waals surface area contributed by atoms with Crippen molar-refractivity contribution in [2.24, 2.45) is 0 Å². The van der Waals surface area contributed by atoms with Crippen molar-refractivity contribution >= 4 is 0 Å². The minimum atomic E-state index is -1.29. The quantitative estimate of drug-likeness (QED) is 0.924. The van der Waals surface area contributed by atoms with Crippen LogP contribution in [0.25, 0.3) is 0 Å². The summed E-state index contributed by atoms with van der Waals surface area (Å²) in [4.78, 5) is 3.90. The molecule has 19 heavy (non-hydrogen) atoms. The Morgan fingerprint density at radius 1 is 1.32 bits per heavy atom. The van der Waals surface area contributed by atoms with Crippen LogP contribution in [0.3, 0.4) is 0 Å². The summed E-state index contributed by atoms with van der Waals surface area (Å²) in [5, 5.41) is 10.1. The van der Waals surface area contributed by atoms with E-state index in [1.807, 2.05) is 6.92 Å². The molecule has 5 heteroatoms. The number of benzene rings is 1. The lowest BCUT2D eigenvalue weighted by atomic mass is 10.0. The lowest BCUT2D eigenvalue weighted by Gasteiger charge is -2.13.